The highest BCUT2D eigenvalue weighted by molar-refractivity contribution is 5.88. The van der Waals surface area contributed by atoms with E-state index in [2.05, 4.69) is 23.2 Å². The molecule has 1 atom stereocenters. The Hall–Kier alpha value is -3.47. The topological polar surface area (TPSA) is 56.5 Å². The SMILES string of the molecule is COc1ccc(-n2c(O)c3cccnc3c2C)cc1OC1CCc2ccccc21. The third kappa shape index (κ3) is 2.81. The Kier molecular flexibility index (Phi) is 4.16. The minimum Gasteiger partial charge on any atom is -0.494 e. The largest absolute Gasteiger partial charge is 0.494 e. The quantitative estimate of drug-likeness (QED) is 0.529. The van der Waals surface area contributed by atoms with Crippen LogP contribution in [0.3, 0.4) is 0 Å². The summed E-state index contributed by atoms with van der Waals surface area (Å²) in [7, 11) is 1.64. The Labute approximate surface area is 169 Å². The van der Waals surface area contributed by atoms with Gasteiger partial charge in [-0.15, -0.1) is 0 Å². The molecule has 0 aliphatic heterocycles. The molecule has 1 aliphatic rings. The molecule has 5 nitrogen and oxygen atoms in total. The first-order valence-electron chi connectivity index (χ1n) is 9.75. The van der Waals surface area contributed by atoms with Crippen molar-refractivity contribution in [3.8, 4) is 23.1 Å². The molecule has 0 amide bonds. The highest BCUT2D eigenvalue weighted by Crippen LogP contribution is 2.40. The van der Waals surface area contributed by atoms with Crippen LogP contribution in [0.15, 0.2) is 60.8 Å². The van der Waals surface area contributed by atoms with E-state index in [1.807, 2.05) is 43.3 Å². The molecule has 4 aromatic rings. The van der Waals surface area contributed by atoms with Crippen molar-refractivity contribution >= 4 is 10.9 Å². The molecule has 5 heteroatoms. The van der Waals surface area contributed by atoms with Crippen molar-refractivity contribution < 1.29 is 14.6 Å². The second-order valence-corrected chi connectivity index (χ2v) is 7.32. The van der Waals surface area contributed by atoms with Gasteiger partial charge >= 0.3 is 0 Å². The van der Waals surface area contributed by atoms with Gasteiger partial charge in [-0.2, -0.15) is 0 Å². The van der Waals surface area contributed by atoms with Crippen LogP contribution >= 0.6 is 0 Å². The first-order chi connectivity index (χ1) is 14.2. The average molecular weight is 386 g/mol. The number of methoxy groups -OCH3 is 1. The van der Waals surface area contributed by atoms with Crippen LogP contribution in [0.2, 0.25) is 0 Å². The van der Waals surface area contributed by atoms with E-state index in [1.54, 1.807) is 17.9 Å². The molecule has 146 valence electrons. The Morgan fingerprint density at radius 2 is 1.93 bits per heavy atom. The lowest BCUT2D eigenvalue weighted by Crippen LogP contribution is -2.06. The number of hydrogen-bond donors (Lipinski definition) is 1. The third-order valence-corrected chi connectivity index (χ3v) is 5.69. The molecule has 0 radical (unpaired) electrons. The predicted molar refractivity (Wildman–Crippen MR) is 112 cm³/mol. The monoisotopic (exact) mass is 386 g/mol. The van der Waals surface area contributed by atoms with E-state index in [9.17, 15) is 5.11 Å². The Balaban J connectivity index is 1.58. The van der Waals surface area contributed by atoms with E-state index in [1.165, 1.54) is 11.1 Å². The second-order valence-electron chi connectivity index (χ2n) is 7.32. The summed E-state index contributed by atoms with van der Waals surface area (Å²) in [4.78, 5) is 4.42. The van der Waals surface area contributed by atoms with Crippen LogP contribution in [-0.2, 0) is 6.42 Å². The van der Waals surface area contributed by atoms with Gasteiger partial charge in [0.25, 0.3) is 0 Å². The zero-order valence-corrected chi connectivity index (χ0v) is 16.4. The molecule has 1 unspecified atom stereocenters. The highest BCUT2D eigenvalue weighted by atomic mass is 16.5. The average Bonchev–Trinajstić information content (AvgIpc) is 3.27. The van der Waals surface area contributed by atoms with Gasteiger partial charge in [-0.3, -0.25) is 9.55 Å². The first kappa shape index (κ1) is 17.6. The van der Waals surface area contributed by atoms with Crippen molar-refractivity contribution in [2.75, 3.05) is 7.11 Å². The molecule has 2 aromatic carbocycles. The van der Waals surface area contributed by atoms with Crippen LogP contribution in [0, 0.1) is 6.92 Å². The summed E-state index contributed by atoms with van der Waals surface area (Å²) >= 11 is 0. The minimum atomic E-state index is -0.00422. The normalized spacial score (nSPS) is 15.4. The molecule has 0 fully saturated rings. The van der Waals surface area contributed by atoms with Crippen LogP contribution in [0.25, 0.3) is 16.6 Å². The minimum absolute atomic E-state index is 0.00422. The van der Waals surface area contributed by atoms with Crippen molar-refractivity contribution in [3.05, 3.63) is 77.6 Å². The summed E-state index contributed by atoms with van der Waals surface area (Å²) in [5, 5.41) is 11.5. The van der Waals surface area contributed by atoms with E-state index in [4.69, 9.17) is 9.47 Å². The first-order valence-corrected chi connectivity index (χ1v) is 9.75. The number of aromatic hydroxyl groups is 1. The summed E-state index contributed by atoms with van der Waals surface area (Å²) in [5.74, 6) is 1.51. The molecule has 2 aromatic heterocycles. The van der Waals surface area contributed by atoms with Crippen LogP contribution in [0.4, 0.5) is 0 Å². The highest BCUT2D eigenvalue weighted by Gasteiger charge is 2.25. The van der Waals surface area contributed by atoms with Gasteiger partial charge < -0.3 is 14.6 Å². The fraction of sp³-hybridized carbons (Fsp3) is 0.208. The van der Waals surface area contributed by atoms with Crippen molar-refractivity contribution in [1.29, 1.82) is 0 Å². The van der Waals surface area contributed by atoms with Gasteiger partial charge in [0, 0.05) is 18.0 Å². The maximum absolute atomic E-state index is 10.8. The number of aromatic nitrogens is 2. The third-order valence-electron chi connectivity index (χ3n) is 5.69. The maximum Gasteiger partial charge on any atom is 0.205 e. The number of ether oxygens (including phenoxy) is 2. The van der Waals surface area contributed by atoms with E-state index in [0.717, 1.165) is 35.1 Å². The lowest BCUT2D eigenvalue weighted by Gasteiger charge is -2.19. The molecule has 0 saturated carbocycles. The van der Waals surface area contributed by atoms with Crippen molar-refractivity contribution in [2.24, 2.45) is 0 Å². The zero-order valence-electron chi connectivity index (χ0n) is 16.4. The molecule has 1 aliphatic carbocycles. The summed E-state index contributed by atoms with van der Waals surface area (Å²) in [6.07, 6.45) is 3.68. The molecule has 0 spiro atoms. The number of benzene rings is 2. The second kappa shape index (κ2) is 6.85. The number of rotatable bonds is 4. The maximum atomic E-state index is 10.8. The standard InChI is InChI=1S/C24H22N2O3/c1-15-23-19(8-5-13-25-23)24(27)26(15)17-10-12-21(28-2)22(14-17)29-20-11-9-16-6-3-4-7-18(16)20/h3-8,10,12-14,20,27H,9,11H2,1-2H3. The predicted octanol–water partition coefficient (Wildman–Crippen LogP) is 5.11. The summed E-state index contributed by atoms with van der Waals surface area (Å²) in [5.41, 5.74) is 5.03. The van der Waals surface area contributed by atoms with Crippen LogP contribution in [-0.4, -0.2) is 21.8 Å². The number of fused-ring (bicyclic) bond motifs is 2. The smallest absolute Gasteiger partial charge is 0.205 e. The van der Waals surface area contributed by atoms with Crippen LogP contribution in [0.5, 0.6) is 17.4 Å². The molecule has 0 saturated heterocycles. The van der Waals surface area contributed by atoms with Crippen molar-refractivity contribution in [1.82, 2.24) is 9.55 Å². The van der Waals surface area contributed by atoms with Gasteiger partial charge in [-0.25, -0.2) is 0 Å². The molecule has 0 bridgehead atoms. The summed E-state index contributed by atoms with van der Waals surface area (Å²) in [6, 6.07) is 17.8. The Morgan fingerprint density at radius 3 is 2.76 bits per heavy atom. The van der Waals surface area contributed by atoms with Gasteiger partial charge in [0.2, 0.25) is 5.88 Å². The van der Waals surface area contributed by atoms with Gasteiger partial charge in [-0.1, -0.05) is 24.3 Å². The molecule has 1 N–H and O–H groups in total. The summed E-state index contributed by atoms with van der Waals surface area (Å²) in [6.45, 7) is 1.95. The van der Waals surface area contributed by atoms with Crippen molar-refractivity contribution in [3.63, 3.8) is 0 Å². The molecular formula is C24H22N2O3. The van der Waals surface area contributed by atoms with Gasteiger partial charge in [0.1, 0.15) is 6.10 Å². The van der Waals surface area contributed by atoms with E-state index in [0.29, 0.717) is 11.5 Å². The number of nitrogens with zero attached hydrogens (tertiary/aromatic N) is 2. The van der Waals surface area contributed by atoms with Gasteiger partial charge in [-0.05, 0) is 55.2 Å². The van der Waals surface area contributed by atoms with E-state index >= 15 is 0 Å². The van der Waals surface area contributed by atoms with Gasteiger partial charge in [0.05, 0.1) is 23.7 Å². The Bertz CT molecular complexity index is 1170. The fourth-order valence-corrected chi connectivity index (χ4v) is 4.27. The number of aryl methyl sites for hydroxylation is 2. The Morgan fingerprint density at radius 1 is 1.07 bits per heavy atom. The van der Waals surface area contributed by atoms with Crippen LogP contribution < -0.4 is 9.47 Å². The lowest BCUT2D eigenvalue weighted by molar-refractivity contribution is 0.198. The molecule has 2 heterocycles. The van der Waals surface area contributed by atoms with Crippen LogP contribution in [0.1, 0.15) is 29.3 Å². The number of hydrogen-bond acceptors (Lipinski definition) is 4. The zero-order chi connectivity index (χ0) is 20.0. The lowest BCUT2D eigenvalue weighted by atomic mass is 10.1. The molecule has 5 rings (SSSR count). The van der Waals surface area contributed by atoms with Gasteiger partial charge in [0.15, 0.2) is 11.5 Å². The number of pyridine rings is 1. The molecular weight excluding hydrogens is 364 g/mol. The van der Waals surface area contributed by atoms with Crippen molar-refractivity contribution in [2.45, 2.75) is 25.9 Å². The summed E-state index contributed by atoms with van der Waals surface area (Å²) < 4.78 is 13.7. The fourth-order valence-electron chi connectivity index (χ4n) is 4.27. The van der Waals surface area contributed by atoms with E-state index in [-0.39, 0.29) is 12.0 Å². The molecule has 29 heavy (non-hydrogen) atoms. The van der Waals surface area contributed by atoms with E-state index < -0.39 is 0 Å².